The van der Waals surface area contributed by atoms with Crippen LogP contribution in [0.1, 0.15) is 22.3 Å². The zero-order chi connectivity index (χ0) is 20.2. The number of piperazine rings is 1. The number of aromatic nitrogens is 2. The van der Waals surface area contributed by atoms with Crippen molar-refractivity contribution in [3.05, 3.63) is 66.0 Å². The van der Waals surface area contributed by atoms with E-state index < -0.39 is 0 Å². The highest BCUT2D eigenvalue weighted by molar-refractivity contribution is 6.00. The topological polar surface area (TPSA) is 67.2 Å². The molecule has 1 aromatic carbocycles. The van der Waals surface area contributed by atoms with Crippen LogP contribution in [-0.2, 0) is 11.2 Å². The van der Waals surface area contributed by atoms with Crippen LogP contribution < -0.4 is 4.74 Å². The number of carbonyl (C=O) groups excluding carboxylic acids is 2. The molecular weight excluding hydrogens is 368 g/mol. The van der Waals surface area contributed by atoms with Gasteiger partial charge >= 0.3 is 0 Å². The van der Waals surface area contributed by atoms with Gasteiger partial charge in [-0.05, 0) is 36.2 Å². The minimum atomic E-state index is -0.0310. The SMILES string of the molecule is COc1ccc(CCC(=O)N2CCN(C(=O)c3cnn4ccccc34)CC2)cc1. The van der Waals surface area contributed by atoms with Gasteiger partial charge in [0.25, 0.3) is 5.91 Å². The first-order valence-corrected chi connectivity index (χ1v) is 9.78. The van der Waals surface area contributed by atoms with E-state index in [2.05, 4.69) is 5.10 Å². The third-order valence-corrected chi connectivity index (χ3v) is 5.36. The van der Waals surface area contributed by atoms with Crippen molar-refractivity contribution in [3.63, 3.8) is 0 Å². The van der Waals surface area contributed by atoms with E-state index in [0.29, 0.717) is 44.6 Å². The molecule has 4 rings (SSSR count). The summed E-state index contributed by atoms with van der Waals surface area (Å²) in [4.78, 5) is 29.1. The van der Waals surface area contributed by atoms with Crippen LogP contribution >= 0.6 is 0 Å². The summed E-state index contributed by atoms with van der Waals surface area (Å²) in [7, 11) is 1.64. The number of nitrogens with zero attached hydrogens (tertiary/aromatic N) is 4. The molecule has 3 aromatic rings. The van der Waals surface area contributed by atoms with Gasteiger partial charge in [0.1, 0.15) is 5.75 Å². The highest BCUT2D eigenvalue weighted by atomic mass is 16.5. The zero-order valence-corrected chi connectivity index (χ0v) is 16.5. The minimum absolute atomic E-state index is 0.0310. The Balaban J connectivity index is 1.30. The molecule has 7 nitrogen and oxygen atoms in total. The van der Waals surface area contributed by atoms with Crippen molar-refractivity contribution in [1.82, 2.24) is 19.4 Å². The van der Waals surface area contributed by atoms with Crippen molar-refractivity contribution >= 4 is 17.3 Å². The molecule has 0 saturated carbocycles. The Morgan fingerprint density at radius 1 is 1.00 bits per heavy atom. The van der Waals surface area contributed by atoms with E-state index >= 15 is 0 Å². The Morgan fingerprint density at radius 2 is 1.72 bits per heavy atom. The van der Waals surface area contributed by atoms with Crippen molar-refractivity contribution in [2.75, 3.05) is 33.3 Å². The summed E-state index contributed by atoms with van der Waals surface area (Å²) < 4.78 is 6.86. The minimum Gasteiger partial charge on any atom is -0.497 e. The molecule has 0 atom stereocenters. The molecule has 0 bridgehead atoms. The van der Waals surface area contributed by atoms with Gasteiger partial charge in [-0.3, -0.25) is 9.59 Å². The Labute approximate surface area is 169 Å². The van der Waals surface area contributed by atoms with Crippen molar-refractivity contribution < 1.29 is 14.3 Å². The summed E-state index contributed by atoms with van der Waals surface area (Å²) in [5, 5.41) is 4.24. The van der Waals surface area contributed by atoms with Gasteiger partial charge in [-0.15, -0.1) is 0 Å². The third kappa shape index (κ3) is 4.08. The number of ether oxygens (including phenoxy) is 1. The van der Waals surface area contributed by atoms with Gasteiger partial charge in [0.05, 0.1) is 24.4 Å². The van der Waals surface area contributed by atoms with E-state index in [1.807, 2.05) is 53.6 Å². The molecule has 0 aliphatic carbocycles. The van der Waals surface area contributed by atoms with Crippen LogP contribution in [0, 0.1) is 0 Å². The number of fused-ring (bicyclic) bond motifs is 1. The predicted octanol–water partition coefficient (Wildman–Crippen LogP) is 2.26. The number of aryl methyl sites for hydroxylation is 1. The highest BCUT2D eigenvalue weighted by Crippen LogP contribution is 2.16. The standard InChI is InChI=1S/C22H24N4O3/c1-29-18-8-5-17(6-9-18)7-10-21(27)24-12-14-25(15-13-24)22(28)19-16-23-26-11-3-2-4-20(19)26/h2-6,8-9,11,16H,7,10,12-15H2,1H3. The fourth-order valence-corrected chi connectivity index (χ4v) is 3.63. The molecule has 0 N–H and O–H groups in total. The number of rotatable bonds is 5. The average Bonchev–Trinajstić information content (AvgIpc) is 3.21. The zero-order valence-electron chi connectivity index (χ0n) is 16.5. The van der Waals surface area contributed by atoms with Crippen molar-refractivity contribution in [1.29, 1.82) is 0 Å². The molecule has 150 valence electrons. The second-order valence-electron chi connectivity index (χ2n) is 7.11. The predicted molar refractivity (Wildman–Crippen MR) is 109 cm³/mol. The largest absolute Gasteiger partial charge is 0.497 e. The van der Waals surface area contributed by atoms with Crippen LogP contribution in [-0.4, -0.2) is 64.5 Å². The Morgan fingerprint density at radius 3 is 2.45 bits per heavy atom. The Kier molecular flexibility index (Phi) is 5.46. The normalized spacial score (nSPS) is 14.2. The van der Waals surface area contributed by atoms with Crippen LogP contribution in [0.4, 0.5) is 0 Å². The van der Waals surface area contributed by atoms with E-state index in [4.69, 9.17) is 4.74 Å². The molecular formula is C22H24N4O3. The van der Waals surface area contributed by atoms with Gasteiger partial charge in [-0.25, -0.2) is 4.52 Å². The monoisotopic (exact) mass is 392 g/mol. The molecule has 1 saturated heterocycles. The lowest BCUT2D eigenvalue weighted by Crippen LogP contribution is -2.50. The molecule has 0 unspecified atom stereocenters. The van der Waals surface area contributed by atoms with E-state index in [1.165, 1.54) is 0 Å². The number of amides is 2. The number of pyridine rings is 1. The Bertz CT molecular complexity index is 1000. The van der Waals surface area contributed by atoms with Gasteiger partial charge in [-0.2, -0.15) is 5.10 Å². The maximum Gasteiger partial charge on any atom is 0.257 e. The first-order valence-electron chi connectivity index (χ1n) is 9.78. The summed E-state index contributed by atoms with van der Waals surface area (Å²) in [6.45, 7) is 2.20. The fourth-order valence-electron chi connectivity index (χ4n) is 3.63. The lowest BCUT2D eigenvalue weighted by molar-refractivity contribution is -0.132. The lowest BCUT2D eigenvalue weighted by Gasteiger charge is -2.34. The first-order chi connectivity index (χ1) is 14.2. The first kappa shape index (κ1) is 19.0. The van der Waals surface area contributed by atoms with Crippen LogP contribution in [0.2, 0.25) is 0 Å². The summed E-state index contributed by atoms with van der Waals surface area (Å²) in [6.07, 6.45) is 4.61. The van der Waals surface area contributed by atoms with E-state index in [1.54, 1.807) is 22.7 Å². The van der Waals surface area contributed by atoms with E-state index in [9.17, 15) is 9.59 Å². The molecule has 1 aliphatic heterocycles. The van der Waals surface area contributed by atoms with Crippen LogP contribution in [0.3, 0.4) is 0 Å². The maximum absolute atomic E-state index is 12.9. The fraction of sp³-hybridized carbons (Fsp3) is 0.318. The molecule has 29 heavy (non-hydrogen) atoms. The molecule has 7 heteroatoms. The van der Waals surface area contributed by atoms with Gasteiger partial charge in [0.15, 0.2) is 0 Å². The molecule has 0 spiro atoms. The second-order valence-corrected chi connectivity index (χ2v) is 7.11. The summed E-state index contributed by atoms with van der Waals surface area (Å²) in [6, 6.07) is 13.4. The van der Waals surface area contributed by atoms with Crippen molar-refractivity contribution in [2.45, 2.75) is 12.8 Å². The lowest BCUT2D eigenvalue weighted by atomic mass is 10.1. The van der Waals surface area contributed by atoms with Gasteiger partial charge in [-0.1, -0.05) is 18.2 Å². The van der Waals surface area contributed by atoms with Gasteiger partial charge < -0.3 is 14.5 Å². The average molecular weight is 392 g/mol. The number of carbonyl (C=O) groups is 2. The van der Waals surface area contributed by atoms with E-state index in [-0.39, 0.29) is 11.8 Å². The third-order valence-electron chi connectivity index (χ3n) is 5.36. The number of benzene rings is 1. The van der Waals surface area contributed by atoms with Crippen molar-refractivity contribution in [2.24, 2.45) is 0 Å². The Hall–Kier alpha value is -3.35. The molecule has 1 fully saturated rings. The van der Waals surface area contributed by atoms with Gasteiger partial charge in [0.2, 0.25) is 5.91 Å². The van der Waals surface area contributed by atoms with Crippen LogP contribution in [0.5, 0.6) is 5.75 Å². The summed E-state index contributed by atoms with van der Waals surface area (Å²) >= 11 is 0. The molecule has 2 amide bonds. The molecule has 2 aromatic heterocycles. The van der Waals surface area contributed by atoms with Crippen LogP contribution in [0.15, 0.2) is 54.9 Å². The number of hydrogen-bond donors (Lipinski definition) is 0. The quantitative estimate of drug-likeness (QED) is 0.668. The molecule has 3 heterocycles. The number of methoxy groups -OCH3 is 1. The molecule has 1 aliphatic rings. The highest BCUT2D eigenvalue weighted by Gasteiger charge is 2.26. The second kappa shape index (κ2) is 8.34. The summed E-state index contributed by atoms with van der Waals surface area (Å²) in [5.74, 6) is 0.910. The maximum atomic E-state index is 12.9. The summed E-state index contributed by atoms with van der Waals surface area (Å²) in [5.41, 5.74) is 2.52. The van der Waals surface area contributed by atoms with Crippen molar-refractivity contribution in [3.8, 4) is 5.75 Å². The number of hydrogen-bond acceptors (Lipinski definition) is 4. The smallest absolute Gasteiger partial charge is 0.257 e. The molecule has 0 radical (unpaired) electrons. The van der Waals surface area contributed by atoms with Gasteiger partial charge in [0, 0.05) is 38.8 Å². The van der Waals surface area contributed by atoms with E-state index in [0.717, 1.165) is 16.8 Å². The van der Waals surface area contributed by atoms with Crippen LogP contribution in [0.25, 0.3) is 5.52 Å².